The number of hydrogen-bond donors (Lipinski definition) is 2. The first-order valence-electron chi connectivity index (χ1n) is 8.56. The largest absolute Gasteiger partial charge is 0.481 e. The van der Waals surface area contributed by atoms with Crippen molar-refractivity contribution in [3.63, 3.8) is 0 Å². The maximum atomic E-state index is 12.2. The third-order valence-electron chi connectivity index (χ3n) is 4.34. The van der Waals surface area contributed by atoms with Gasteiger partial charge in [0.25, 0.3) is 0 Å². The Balaban J connectivity index is 1.57. The average Bonchev–Trinajstić information content (AvgIpc) is 3.14. The molecule has 1 aromatic carbocycles. The highest BCUT2D eigenvalue weighted by molar-refractivity contribution is 5.89. The molecule has 2 N–H and O–H groups in total. The highest BCUT2D eigenvalue weighted by atomic mass is 16.5. The molecule has 0 aliphatic carbocycles. The van der Waals surface area contributed by atoms with Crippen LogP contribution in [0.5, 0.6) is 11.6 Å². The van der Waals surface area contributed by atoms with Crippen LogP contribution in [0.1, 0.15) is 18.9 Å². The van der Waals surface area contributed by atoms with Crippen LogP contribution in [-0.2, 0) is 11.2 Å². The van der Waals surface area contributed by atoms with E-state index in [-0.39, 0.29) is 12.6 Å². The number of carbonyl (C=O) groups excluding carboxylic acids is 1. The quantitative estimate of drug-likeness (QED) is 0.858. The van der Waals surface area contributed by atoms with Gasteiger partial charge in [0.1, 0.15) is 5.75 Å². The number of carboxylic acids is 1. The van der Waals surface area contributed by atoms with Gasteiger partial charge < -0.3 is 20.1 Å². The first kappa shape index (κ1) is 17.7. The molecule has 7 heteroatoms. The van der Waals surface area contributed by atoms with E-state index in [9.17, 15) is 9.59 Å². The van der Waals surface area contributed by atoms with Crippen molar-refractivity contribution in [2.75, 3.05) is 18.4 Å². The molecule has 3 rings (SSSR count). The normalized spacial score (nSPS) is 16.3. The molecule has 2 heterocycles. The molecule has 1 aromatic heterocycles. The Morgan fingerprint density at radius 3 is 2.85 bits per heavy atom. The number of aromatic nitrogens is 1. The van der Waals surface area contributed by atoms with Gasteiger partial charge in [0.2, 0.25) is 5.88 Å². The van der Waals surface area contributed by atoms with Crippen LogP contribution in [0.4, 0.5) is 10.5 Å². The fourth-order valence-electron chi connectivity index (χ4n) is 2.81. The minimum absolute atomic E-state index is 0.226. The van der Waals surface area contributed by atoms with E-state index in [0.717, 1.165) is 6.42 Å². The number of aliphatic carboxylic acids is 1. The highest BCUT2D eigenvalue weighted by Gasteiger charge is 2.30. The predicted octanol–water partition coefficient (Wildman–Crippen LogP) is 3.37. The van der Waals surface area contributed by atoms with Crippen LogP contribution >= 0.6 is 0 Å². The summed E-state index contributed by atoms with van der Waals surface area (Å²) in [5.74, 6) is -0.210. The van der Waals surface area contributed by atoms with Crippen molar-refractivity contribution in [3.8, 4) is 11.6 Å². The number of ether oxygens (including phenoxy) is 1. The molecular formula is C19H21N3O4. The van der Waals surface area contributed by atoms with Crippen molar-refractivity contribution < 1.29 is 19.4 Å². The molecule has 1 aliphatic rings. The summed E-state index contributed by atoms with van der Waals surface area (Å²) in [6.07, 6.45) is 2.92. The van der Waals surface area contributed by atoms with Crippen LogP contribution in [0.3, 0.4) is 0 Å². The van der Waals surface area contributed by atoms with Crippen LogP contribution < -0.4 is 10.1 Å². The maximum absolute atomic E-state index is 12.2. The third-order valence-corrected chi connectivity index (χ3v) is 4.34. The summed E-state index contributed by atoms with van der Waals surface area (Å²) in [6, 6.07) is 10.9. The average molecular weight is 355 g/mol. The lowest BCUT2D eigenvalue weighted by molar-refractivity contribution is -0.141. The van der Waals surface area contributed by atoms with Gasteiger partial charge in [-0.2, -0.15) is 0 Å². The highest BCUT2D eigenvalue weighted by Crippen LogP contribution is 2.22. The molecular weight excluding hydrogens is 334 g/mol. The minimum atomic E-state index is -0.865. The first-order valence-corrected chi connectivity index (χ1v) is 8.56. The molecule has 136 valence electrons. The number of carboxylic acid groups (broad SMARTS) is 1. The number of aryl methyl sites for hydroxylation is 1. The summed E-state index contributed by atoms with van der Waals surface area (Å²) in [5, 5.41) is 11.7. The van der Waals surface area contributed by atoms with E-state index in [0.29, 0.717) is 30.3 Å². The molecule has 26 heavy (non-hydrogen) atoms. The molecule has 1 unspecified atom stereocenters. The van der Waals surface area contributed by atoms with Gasteiger partial charge in [0.05, 0.1) is 17.8 Å². The number of hydrogen-bond acceptors (Lipinski definition) is 4. The van der Waals surface area contributed by atoms with Crippen LogP contribution in [0.15, 0.2) is 42.6 Å². The van der Waals surface area contributed by atoms with E-state index < -0.39 is 11.9 Å². The van der Waals surface area contributed by atoms with Gasteiger partial charge in [-0.05, 0) is 36.6 Å². The number of likely N-dealkylation sites (tertiary alicyclic amines) is 1. The van der Waals surface area contributed by atoms with Crippen LogP contribution in [0, 0.1) is 5.92 Å². The topological polar surface area (TPSA) is 91.8 Å². The number of anilines is 1. The summed E-state index contributed by atoms with van der Waals surface area (Å²) in [7, 11) is 0. The van der Waals surface area contributed by atoms with Gasteiger partial charge in [-0.3, -0.25) is 4.79 Å². The number of rotatable bonds is 5. The number of pyridine rings is 1. The van der Waals surface area contributed by atoms with Crippen molar-refractivity contribution in [1.82, 2.24) is 9.88 Å². The molecule has 0 bridgehead atoms. The Morgan fingerprint density at radius 1 is 1.35 bits per heavy atom. The molecule has 0 saturated carbocycles. The first-order chi connectivity index (χ1) is 12.5. The number of nitrogens with zero attached hydrogens (tertiary/aromatic N) is 2. The number of urea groups is 1. The van der Waals surface area contributed by atoms with Gasteiger partial charge in [-0.25, -0.2) is 9.78 Å². The fourth-order valence-corrected chi connectivity index (χ4v) is 2.81. The van der Waals surface area contributed by atoms with Crippen molar-refractivity contribution in [2.24, 2.45) is 5.92 Å². The maximum Gasteiger partial charge on any atom is 0.321 e. The summed E-state index contributed by atoms with van der Waals surface area (Å²) < 4.78 is 5.72. The standard InChI is InChI=1S/C19H21N3O4/c1-2-13-4-3-5-16(10-13)26-17-7-6-15(11-20-17)21-19(25)22-9-8-14(12-22)18(23)24/h3-7,10-11,14H,2,8-9,12H2,1H3,(H,21,25)(H,23,24). The van der Waals surface area contributed by atoms with E-state index in [1.807, 2.05) is 24.3 Å². The zero-order valence-electron chi connectivity index (χ0n) is 14.5. The lowest BCUT2D eigenvalue weighted by atomic mass is 10.1. The lowest BCUT2D eigenvalue weighted by Gasteiger charge is -2.16. The summed E-state index contributed by atoms with van der Waals surface area (Å²) in [5.41, 5.74) is 1.71. The monoisotopic (exact) mass is 355 g/mol. The zero-order chi connectivity index (χ0) is 18.5. The number of benzene rings is 1. The Kier molecular flexibility index (Phi) is 5.36. The molecule has 1 aliphatic heterocycles. The smallest absolute Gasteiger partial charge is 0.321 e. The SMILES string of the molecule is CCc1cccc(Oc2ccc(NC(=O)N3CCC(C(=O)O)C3)cn2)c1. The number of nitrogens with one attached hydrogen (secondary N) is 1. The van der Waals surface area contributed by atoms with E-state index in [1.54, 1.807) is 12.1 Å². The summed E-state index contributed by atoms with van der Waals surface area (Å²) >= 11 is 0. The molecule has 7 nitrogen and oxygen atoms in total. The van der Waals surface area contributed by atoms with Crippen LogP contribution in [0.2, 0.25) is 0 Å². The number of carbonyl (C=O) groups is 2. The second kappa shape index (κ2) is 7.86. The Hall–Kier alpha value is -3.09. The van der Waals surface area contributed by atoms with Crippen molar-refractivity contribution >= 4 is 17.7 Å². The molecule has 0 radical (unpaired) electrons. The number of amides is 2. The van der Waals surface area contributed by atoms with Gasteiger partial charge in [0.15, 0.2) is 0 Å². The van der Waals surface area contributed by atoms with Crippen molar-refractivity contribution in [2.45, 2.75) is 19.8 Å². The van der Waals surface area contributed by atoms with Crippen LogP contribution in [0.25, 0.3) is 0 Å². The van der Waals surface area contributed by atoms with E-state index >= 15 is 0 Å². The summed E-state index contributed by atoms with van der Waals surface area (Å²) in [6.45, 7) is 2.74. The fraction of sp³-hybridized carbons (Fsp3) is 0.316. The van der Waals surface area contributed by atoms with Gasteiger partial charge in [-0.1, -0.05) is 19.1 Å². The van der Waals surface area contributed by atoms with E-state index in [2.05, 4.69) is 17.2 Å². The van der Waals surface area contributed by atoms with Gasteiger partial charge >= 0.3 is 12.0 Å². The molecule has 0 spiro atoms. The molecule has 1 saturated heterocycles. The third kappa shape index (κ3) is 4.30. The second-order valence-electron chi connectivity index (χ2n) is 6.19. The minimum Gasteiger partial charge on any atom is -0.481 e. The van der Waals surface area contributed by atoms with Crippen LogP contribution in [-0.4, -0.2) is 40.1 Å². The predicted molar refractivity (Wildman–Crippen MR) is 96.5 cm³/mol. The molecule has 2 aromatic rings. The Bertz CT molecular complexity index is 792. The van der Waals surface area contributed by atoms with E-state index in [4.69, 9.17) is 9.84 Å². The summed E-state index contributed by atoms with van der Waals surface area (Å²) in [4.78, 5) is 28.9. The lowest BCUT2D eigenvalue weighted by Crippen LogP contribution is -2.33. The van der Waals surface area contributed by atoms with Crippen molar-refractivity contribution in [3.05, 3.63) is 48.2 Å². The van der Waals surface area contributed by atoms with E-state index in [1.165, 1.54) is 16.7 Å². The molecule has 2 amide bonds. The molecule has 1 fully saturated rings. The zero-order valence-corrected chi connectivity index (χ0v) is 14.5. The molecule has 1 atom stereocenters. The van der Waals surface area contributed by atoms with Crippen molar-refractivity contribution in [1.29, 1.82) is 0 Å². The second-order valence-corrected chi connectivity index (χ2v) is 6.19. The Labute approximate surface area is 151 Å². The van der Waals surface area contributed by atoms with Gasteiger partial charge in [0, 0.05) is 19.2 Å². The van der Waals surface area contributed by atoms with Gasteiger partial charge in [-0.15, -0.1) is 0 Å². The Morgan fingerprint density at radius 2 is 2.19 bits per heavy atom.